The molecule has 1 fully saturated rings. The largest absolute Gasteiger partial charge is 0.410 e. The Morgan fingerprint density at radius 2 is 1.81 bits per heavy atom. The zero-order chi connectivity index (χ0) is 19.3. The number of nitro benzene ring substituents is 1. The Labute approximate surface area is 146 Å². The Kier molecular flexibility index (Phi) is 4.14. The first-order valence-corrected chi connectivity index (χ1v) is 7.82. The molecule has 0 aromatic heterocycles. The monoisotopic (exact) mass is 367 g/mol. The Morgan fingerprint density at radius 3 is 2.27 bits per heavy atom. The van der Waals surface area contributed by atoms with E-state index in [-0.39, 0.29) is 6.54 Å². The Bertz CT molecular complexity index is 896. The van der Waals surface area contributed by atoms with E-state index in [1.165, 1.54) is 19.9 Å². The standard InChI is InChI=1S/C17H16F3N3O3/c1-16(2)9-22(21-15(16)24)14(17(18,19)20)12-7-10-5-3-4-6-11(10)8-13(12)23(25)26/h3-8,14H,9H2,1-2H3,(H,21,24). The normalized spacial score (nSPS) is 18.7. The van der Waals surface area contributed by atoms with Crippen molar-refractivity contribution in [1.82, 2.24) is 10.4 Å². The van der Waals surface area contributed by atoms with Crippen molar-refractivity contribution in [3.63, 3.8) is 0 Å². The number of alkyl halides is 3. The van der Waals surface area contributed by atoms with E-state index in [0.29, 0.717) is 10.8 Å². The molecule has 9 heteroatoms. The molecule has 0 spiro atoms. The molecule has 1 aliphatic rings. The molecule has 1 heterocycles. The van der Waals surface area contributed by atoms with Crippen LogP contribution in [-0.4, -0.2) is 28.6 Å². The van der Waals surface area contributed by atoms with Gasteiger partial charge in [-0.25, -0.2) is 5.01 Å². The Balaban J connectivity index is 2.20. The zero-order valence-corrected chi connectivity index (χ0v) is 14.0. The van der Waals surface area contributed by atoms with Gasteiger partial charge in [0.25, 0.3) is 5.69 Å². The molecule has 138 valence electrons. The number of hydrazine groups is 1. The van der Waals surface area contributed by atoms with Gasteiger partial charge in [0.2, 0.25) is 5.91 Å². The quantitative estimate of drug-likeness (QED) is 0.663. The minimum Gasteiger partial charge on any atom is -0.287 e. The predicted octanol–water partition coefficient (Wildman–Crippen LogP) is 3.72. The van der Waals surface area contributed by atoms with Gasteiger partial charge < -0.3 is 0 Å². The molecule has 2 aromatic rings. The van der Waals surface area contributed by atoms with Crippen LogP contribution in [0.1, 0.15) is 25.5 Å². The van der Waals surface area contributed by atoms with Crippen LogP contribution in [0.15, 0.2) is 36.4 Å². The SMILES string of the molecule is CC1(C)CN(C(c2cc3ccccc3cc2[N+](=O)[O-])C(F)(F)F)NC1=O. The topological polar surface area (TPSA) is 75.5 Å². The molecule has 1 saturated heterocycles. The summed E-state index contributed by atoms with van der Waals surface area (Å²) in [6, 6.07) is 6.45. The lowest BCUT2D eigenvalue weighted by Gasteiger charge is -2.29. The van der Waals surface area contributed by atoms with Crippen LogP contribution in [0, 0.1) is 15.5 Å². The highest BCUT2D eigenvalue weighted by Crippen LogP contribution is 2.44. The summed E-state index contributed by atoms with van der Waals surface area (Å²) in [6.45, 7) is 2.81. The third kappa shape index (κ3) is 3.10. The first-order chi connectivity index (χ1) is 12.0. The van der Waals surface area contributed by atoms with Gasteiger partial charge in [0.15, 0.2) is 6.04 Å². The van der Waals surface area contributed by atoms with Crippen molar-refractivity contribution in [2.24, 2.45) is 5.41 Å². The van der Waals surface area contributed by atoms with Crippen molar-refractivity contribution in [2.75, 3.05) is 6.54 Å². The molecule has 0 bridgehead atoms. The van der Waals surface area contributed by atoms with Crippen LogP contribution in [-0.2, 0) is 4.79 Å². The second-order valence-electron chi connectivity index (χ2n) is 6.91. The second kappa shape index (κ2) is 5.94. The third-order valence-electron chi connectivity index (χ3n) is 4.43. The molecule has 1 aliphatic heterocycles. The lowest BCUT2D eigenvalue weighted by Crippen LogP contribution is -2.43. The van der Waals surface area contributed by atoms with Crippen molar-refractivity contribution in [3.8, 4) is 0 Å². The van der Waals surface area contributed by atoms with E-state index in [0.717, 1.165) is 11.1 Å². The number of amides is 1. The van der Waals surface area contributed by atoms with E-state index in [1.54, 1.807) is 24.3 Å². The Morgan fingerprint density at radius 1 is 1.23 bits per heavy atom. The third-order valence-corrected chi connectivity index (χ3v) is 4.43. The summed E-state index contributed by atoms with van der Waals surface area (Å²) in [5.41, 5.74) is 0.0476. The van der Waals surface area contributed by atoms with Gasteiger partial charge in [0.1, 0.15) is 0 Å². The van der Waals surface area contributed by atoms with Crippen molar-refractivity contribution in [1.29, 1.82) is 0 Å². The van der Waals surface area contributed by atoms with Crippen molar-refractivity contribution in [2.45, 2.75) is 26.1 Å². The van der Waals surface area contributed by atoms with Gasteiger partial charge in [-0.2, -0.15) is 13.2 Å². The van der Waals surface area contributed by atoms with Gasteiger partial charge in [-0.3, -0.25) is 20.3 Å². The smallest absolute Gasteiger partial charge is 0.287 e. The van der Waals surface area contributed by atoms with Crippen molar-refractivity contribution in [3.05, 3.63) is 52.1 Å². The van der Waals surface area contributed by atoms with Crippen molar-refractivity contribution < 1.29 is 22.9 Å². The van der Waals surface area contributed by atoms with Gasteiger partial charge in [-0.15, -0.1) is 0 Å². The molecule has 2 aromatic carbocycles. The number of hydrogen-bond acceptors (Lipinski definition) is 4. The van der Waals surface area contributed by atoms with Crippen LogP contribution in [0.3, 0.4) is 0 Å². The highest BCUT2D eigenvalue weighted by Gasteiger charge is 2.53. The maximum absolute atomic E-state index is 13.9. The average Bonchev–Trinajstić information content (AvgIpc) is 2.78. The Hall–Kier alpha value is -2.68. The molecule has 1 N–H and O–H groups in total. The highest BCUT2D eigenvalue weighted by atomic mass is 19.4. The van der Waals surface area contributed by atoms with Crippen LogP contribution in [0.4, 0.5) is 18.9 Å². The van der Waals surface area contributed by atoms with Crippen LogP contribution in [0.2, 0.25) is 0 Å². The predicted molar refractivity (Wildman–Crippen MR) is 88.0 cm³/mol. The number of carbonyl (C=O) groups excluding carboxylic acids is 1. The van der Waals surface area contributed by atoms with E-state index in [1.807, 2.05) is 0 Å². The molecule has 0 aliphatic carbocycles. The number of carbonyl (C=O) groups is 1. The maximum atomic E-state index is 13.9. The fourth-order valence-electron chi connectivity index (χ4n) is 3.12. The number of halogens is 3. The number of nitro groups is 1. The molecule has 1 amide bonds. The summed E-state index contributed by atoms with van der Waals surface area (Å²) >= 11 is 0. The maximum Gasteiger partial charge on any atom is 0.410 e. The van der Waals surface area contributed by atoms with E-state index in [4.69, 9.17) is 0 Å². The molecule has 0 saturated carbocycles. The minimum atomic E-state index is -4.82. The van der Waals surface area contributed by atoms with E-state index in [9.17, 15) is 28.1 Å². The number of hydrogen-bond donors (Lipinski definition) is 1. The van der Waals surface area contributed by atoms with Gasteiger partial charge in [0.05, 0.1) is 15.9 Å². The molecular formula is C17H16F3N3O3. The number of nitrogens with zero attached hydrogens (tertiary/aromatic N) is 2. The number of benzene rings is 2. The lowest BCUT2D eigenvalue weighted by molar-refractivity contribution is -0.386. The zero-order valence-electron chi connectivity index (χ0n) is 14.0. The highest BCUT2D eigenvalue weighted by molar-refractivity contribution is 5.86. The summed E-state index contributed by atoms with van der Waals surface area (Å²) in [6.07, 6.45) is -4.82. The molecular weight excluding hydrogens is 351 g/mol. The molecule has 0 radical (unpaired) electrons. The number of fused-ring (bicyclic) bond motifs is 1. The molecule has 6 nitrogen and oxygen atoms in total. The number of nitrogens with one attached hydrogen (secondary N) is 1. The summed E-state index contributed by atoms with van der Waals surface area (Å²) in [5.74, 6) is -0.560. The van der Waals surface area contributed by atoms with E-state index >= 15 is 0 Å². The van der Waals surface area contributed by atoms with E-state index in [2.05, 4.69) is 5.43 Å². The molecule has 1 unspecified atom stereocenters. The average molecular weight is 367 g/mol. The summed E-state index contributed by atoms with van der Waals surface area (Å²) in [4.78, 5) is 22.6. The van der Waals surface area contributed by atoms with Gasteiger partial charge >= 0.3 is 6.18 Å². The second-order valence-corrected chi connectivity index (χ2v) is 6.91. The van der Waals surface area contributed by atoms with Crippen LogP contribution in [0.5, 0.6) is 0 Å². The first-order valence-electron chi connectivity index (χ1n) is 7.82. The fraction of sp³-hybridized carbons (Fsp3) is 0.353. The minimum absolute atomic E-state index is 0.222. The van der Waals surface area contributed by atoms with Gasteiger partial charge in [0, 0.05) is 12.6 Å². The van der Waals surface area contributed by atoms with Gasteiger partial charge in [-0.05, 0) is 30.7 Å². The van der Waals surface area contributed by atoms with Crippen LogP contribution >= 0.6 is 0 Å². The molecule has 3 rings (SSSR count). The number of rotatable bonds is 3. The summed E-state index contributed by atoms with van der Waals surface area (Å²) in [7, 11) is 0. The van der Waals surface area contributed by atoms with Crippen molar-refractivity contribution >= 4 is 22.4 Å². The molecule has 1 atom stereocenters. The van der Waals surface area contributed by atoms with E-state index < -0.39 is 39.7 Å². The summed E-state index contributed by atoms with van der Waals surface area (Å²) < 4.78 is 41.6. The summed E-state index contributed by atoms with van der Waals surface area (Å²) in [5, 5.41) is 13.1. The van der Waals surface area contributed by atoms with Crippen LogP contribution in [0.25, 0.3) is 10.8 Å². The van der Waals surface area contributed by atoms with Gasteiger partial charge in [-0.1, -0.05) is 24.3 Å². The lowest BCUT2D eigenvalue weighted by atomic mass is 9.93. The van der Waals surface area contributed by atoms with Crippen LogP contribution < -0.4 is 5.43 Å². The molecule has 26 heavy (non-hydrogen) atoms. The fourth-order valence-corrected chi connectivity index (χ4v) is 3.12. The first kappa shape index (κ1) is 18.1.